The highest BCUT2D eigenvalue weighted by molar-refractivity contribution is 5.78. The molecule has 0 aliphatic rings. The summed E-state index contributed by atoms with van der Waals surface area (Å²) in [4.78, 5) is 22.8. The van der Waals surface area contributed by atoms with Crippen molar-refractivity contribution in [1.82, 2.24) is 4.90 Å². The molecule has 1 aromatic rings. The Morgan fingerprint density at radius 1 is 1.56 bits per heavy atom. The van der Waals surface area contributed by atoms with E-state index in [-0.39, 0.29) is 0 Å². The first-order valence-electron chi connectivity index (χ1n) is 4.64. The molecule has 0 aliphatic carbocycles. The van der Waals surface area contributed by atoms with Gasteiger partial charge in [-0.1, -0.05) is 12.1 Å². The smallest absolute Gasteiger partial charge is 0.331 e. The highest BCUT2D eigenvalue weighted by Gasteiger charge is 2.23. The van der Waals surface area contributed by atoms with Crippen molar-refractivity contribution in [3.05, 3.63) is 29.8 Å². The van der Waals surface area contributed by atoms with Gasteiger partial charge in [0.05, 0.1) is 7.11 Å². The molecule has 5 heteroatoms. The van der Waals surface area contributed by atoms with Crippen LogP contribution in [0.1, 0.15) is 11.6 Å². The number of nitrogens with zero attached hydrogens (tertiary/aromatic N) is 1. The number of carboxylic acids is 1. The van der Waals surface area contributed by atoms with Gasteiger partial charge in [-0.05, 0) is 17.7 Å². The van der Waals surface area contributed by atoms with E-state index in [0.29, 0.717) is 17.7 Å². The summed E-state index contributed by atoms with van der Waals surface area (Å²) in [6.07, 6.45) is 0.484. The van der Waals surface area contributed by atoms with Gasteiger partial charge >= 0.3 is 5.97 Å². The molecular formula is C11H13NO4. The molecule has 0 spiro atoms. The number of benzene rings is 1. The van der Waals surface area contributed by atoms with Crippen LogP contribution < -0.4 is 4.74 Å². The number of methoxy groups -OCH3 is 1. The van der Waals surface area contributed by atoms with E-state index in [9.17, 15) is 9.59 Å². The number of likely N-dealkylation sites (N-methyl/N-ethyl adjacent to an activating group) is 1. The first-order chi connectivity index (χ1) is 7.60. The van der Waals surface area contributed by atoms with Gasteiger partial charge in [-0.15, -0.1) is 0 Å². The Kier molecular flexibility index (Phi) is 3.88. The number of hydrogen-bond donors (Lipinski definition) is 1. The highest BCUT2D eigenvalue weighted by atomic mass is 16.5. The quantitative estimate of drug-likeness (QED) is 0.753. The Balaban J connectivity index is 3.10. The summed E-state index contributed by atoms with van der Waals surface area (Å²) in [5, 5.41) is 9.05. The van der Waals surface area contributed by atoms with Crippen molar-refractivity contribution in [3.8, 4) is 5.75 Å². The standard InChI is InChI=1S/C11H13NO4/c1-12(7-13)10(11(14)15)8-4-3-5-9(6-8)16-2/h3-7,10H,1-2H3,(H,14,15). The van der Waals surface area contributed by atoms with Gasteiger partial charge in [0.2, 0.25) is 6.41 Å². The molecule has 1 aromatic carbocycles. The van der Waals surface area contributed by atoms with Gasteiger partial charge in [0.25, 0.3) is 0 Å². The number of hydrogen-bond acceptors (Lipinski definition) is 3. The number of carbonyl (C=O) groups is 2. The van der Waals surface area contributed by atoms with Crippen molar-refractivity contribution < 1.29 is 19.4 Å². The van der Waals surface area contributed by atoms with Crippen LogP contribution in [0.15, 0.2) is 24.3 Å². The molecule has 0 fully saturated rings. The van der Waals surface area contributed by atoms with Crippen LogP contribution in [0.2, 0.25) is 0 Å². The van der Waals surface area contributed by atoms with Gasteiger partial charge in [-0.25, -0.2) is 4.79 Å². The summed E-state index contributed by atoms with van der Waals surface area (Å²) >= 11 is 0. The molecule has 1 atom stereocenters. The van der Waals surface area contributed by atoms with Gasteiger partial charge in [-0.3, -0.25) is 4.79 Å². The number of ether oxygens (including phenoxy) is 1. The third-order valence-electron chi connectivity index (χ3n) is 2.22. The topological polar surface area (TPSA) is 66.8 Å². The van der Waals surface area contributed by atoms with Gasteiger partial charge in [-0.2, -0.15) is 0 Å². The number of amides is 1. The summed E-state index contributed by atoms with van der Waals surface area (Å²) < 4.78 is 5.00. The molecule has 86 valence electrons. The third-order valence-corrected chi connectivity index (χ3v) is 2.22. The molecule has 0 radical (unpaired) electrons. The predicted molar refractivity (Wildman–Crippen MR) is 57.2 cm³/mol. The zero-order chi connectivity index (χ0) is 12.1. The van der Waals surface area contributed by atoms with Crippen LogP contribution in [0.25, 0.3) is 0 Å². The lowest BCUT2D eigenvalue weighted by molar-refractivity contribution is -0.145. The molecule has 0 heterocycles. The minimum absolute atomic E-state index is 0.484. The summed E-state index contributed by atoms with van der Waals surface area (Å²) in [7, 11) is 2.92. The molecular weight excluding hydrogens is 210 g/mol. The van der Waals surface area contributed by atoms with Crippen LogP contribution in [0.5, 0.6) is 5.75 Å². The van der Waals surface area contributed by atoms with Gasteiger partial charge in [0.15, 0.2) is 6.04 Å². The van der Waals surface area contributed by atoms with Crippen molar-refractivity contribution in [1.29, 1.82) is 0 Å². The number of carbonyl (C=O) groups excluding carboxylic acids is 1. The summed E-state index contributed by atoms with van der Waals surface area (Å²) in [6.45, 7) is 0. The minimum Gasteiger partial charge on any atom is -0.497 e. The number of aliphatic carboxylic acids is 1. The average Bonchev–Trinajstić information content (AvgIpc) is 2.29. The second-order valence-electron chi connectivity index (χ2n) is 3.29. The monoisotopic (exact) mass is 223 g/mol. The Labute approximate surface area is 93.2 Å². The van der Waals surface area contributed by atoms with E-state index in [1.54, 1.807) is 24.3 Å². The van der Waals surface area contributed by atoms with E-state index in [1.165, 1.54) is 14.2 Å². The first kappa shape index (κ1) is 12.0. The fraction of sp³-hybridized carbons (Fsp3) is 0.273. The maximum Gasteiger partial charge on any atom is 0.331 e. The van der Waals surface area contributed by atoms with E-state index in [1.807, 2.05) is 0 Å². The number of rotatable bonds is 5. The largest absolute Gasteiger partial charge is 0.497 e. The van der Waals surface area contributed by atoms with Crippen LogP contribution >= 0.6 is 0 Å². The Morgan fingerprint density at radius 3 is 2.75 bits per heavy atom. The van der Waals surface area contributed by atoms with Crippen molar-refractivity contribution in [2.24, 2.45) is 0 Å². The van der Waals surface area contributed by atoms with Gasteiger partial charge in [0.1, 0.15) is 5.75 Å². The fourth-order valence-electron chi connectivity index (χ4n) is 1.42. The van der Waals surface area contributed by atoms with E-state index in [4.69, 9.17) is 9.84 Å². The van der Waals surface area contributed by atoms with Crippen LogP contribution in [0.4, 0.5) is 0 Å². The Hall–Kier alpha value is -2.04. The van der Waals surface area contributed by atoms with Crippen LogP contribution in [-0.4, -0.2) is 36.5 Å². The first-order valence-corrected chi connectivity index (χ1v) is 4.64. The van der Waals surface area contributed by atoms with E-state index in [0.717, 1.165) is 4.90 Å². The zero-order valence-electron chi connectivity index (χ0n) is 9.08. The van der Waals surface area contributed by atoms with E-state index >= 15 is 0 Å². The molecule has 16 heavy (non-hydrogen) atoms. The predicted octanol–water partition coefficient (Wildman–Crippen LogP) is 0.909. The summed E-state index contributed by atoms with van der Waals surface area (Å²) in [5.41, 5.74) is 0.501. The average molecular weight is 223 g/mol. The molecule has 1 unspecified atom stereocenters. The Bertz CT molecular complexity index is 391. The molecule has 0 saturated heterocycles. The van der Waals surface area contributed by atoms with Crippen molar-refractivity contribution in [2.45, 2.75) is 6.04 Å². The van der Waals surface area contributed by atoms with Crippen LogP contribution in [-0.2, 0) is 9.59 Å². The van der Waals surface area contributed by atoms with Crippen LogP contribution in [0, 0.1) is 0 Å². The maximum absolute atomic E-state index is 11.1. The number of carboxylic acid groups (broad SMARTS) is 1. The molecule has 1 N–H and O–H groups in total. The second-order valence-corrected chi connectivity index (χ2v) is 3.29. The lowest BCUT2D eigenvalue weighted by atomic mass is 10.1. The molecule has 0 aliphatic heterocycles. The lowest BCUT2D eigenvalue weighted by Gasteiger charge is -2.21. The van der Waals surface area contributed by atoms with E-state index < -0.39 is 12.0 Å². The minimum atomic E-state index is -1.08. The summed E-state index contributed by atoms with van der Waals surface area (Å²) in [6, 6.07) is 5.64. The van der Waals surface area contributed by atoms with Crippen molar-refractivity contribution in [3.63, 3.8) is 0 Å². The lowest BCUT2D eigenvalue weighted by Crippen LogP contribution is -2.29. The third kappa shape index (κ3) is 2.50. The maximum atomic E-state index is 11.1. The fourth-order valence-corrected chi connectivity index (χ4v) is 1.42. The SMILES string of the molecule is COc1cccc(C(C(=O)O)N(C)C=O)c1. The second kappa shape index (κ2) is 5.16. The zero-order valence-corrected chi connectivity index (χ0v) is 9.08. The van der Waals surface area contributed by atoms with Crippen LogP contribution in [0.3, 0.4) is 0 Å². The molecule has 0 saturated carbocycles. The molecule has 0 aromatic heterocycles. The molecule has 1 amide bonds. The Morgan fingerprint density at radius 2 is 2.25 bits per heavy atom. The van der Waals surface area contributed by atoms with Gasteiger partial charge < -0.3 is 14.7 Å². The van der Waals surface area contributed by atoms with Gasteiger partial charge in [0, 0.05) is 7.05 Å². The molecule has 1 rings (SSSR count). The van der Waals surface area contributed by atoms with E-state index in [2.05, 4.69) is 0 Å². The molecule has 5 nitrogen and oxygen atoms in total. The van der Waals surface area contributed by atoms with Crippen molar-refractivity contribution >= 4 is 12.4 Å². The normalized spacial score (nSPS) is 11.6. The highest BCUT2D eigenvalue weighted by Crippen LogP contribution is 2.22. The molecule has 0 bridgehead atoms. The van der Waals surface area contributed by atoms with Crippen molar-refractivity contribution in [2.75, 3.05) is 14.2 Å². The summed E-state index contributed by atoms with van der Waals surface area (Å²) in [5.74, 6) is -0.522.